The SMILES string of the molecule is COc1ccc(-c2sncc2C2=CC=C(C(=O)O)CC=C2)cc1OC. The normalized spacial score (nSPS) is 13.7. The molecule has 0 spiro atoms. The third kappa shape index (κ3) is 3.49. The van der Waals surface area contributed by atoms with Gasteiger partial charge in [0.15, 0.2) is 11.5 Å². The highest BCUT2D eigenvalue weighted by Gasteiger charge is 2.15. The molecule has 128 valence electrons. The first-order valence-electron chi connectivity index (χ1n) is 7.62. The highest BCUT2D eigenvalue weighted by Crippen LogP contribution is 2.38. The first-order chi connectivity index (χ1) is 12.1. The van der Waals surface area contributed by atoms with E-state index in [2.05, 4.69) is 4.37 Å². The lowest BCUT2D eigenvalue weighted by Crippen LogP contribution is -1.98. The maximum Gasteiger partial charge on any atom is 0.331 e. The lowest BCUT2D eigenvalue weighted by Gasteiger charge is -2.10. The topological polar surface area (TPSA) is 68.7 Å². The fraction of sp³-hybridized carbons (Fsp3) is 0.158. The molecule has 1 aromatic heterocycles. The summed E-state index contributed by atoms with van der Waals surface area (Å²) < 4.78 is 15.0. The molecule has 6 heteroatoms. The Balaban J connectivity index is 2.03. The van der Waals surface area contributed by atoms with Crippen molar-refractivity contribution >= 4 is 23.1 Å². The number of nitrogens with zero attached hydrogens (tertiary/aromatic N) is 1. The predicted molar refractivity (Wildman–Crippen MR) is 98.1 cm³/mol. The lowest BCUT2D eigenvalue weighted by molar-refractivity contribution is -0.132. The van der Waals surface area contributed by atoms with Crippen molar-refractivity contribution in [3.8, 4) is 21.9 Å². The summed E-state index contributed by atoms with van der Waals surface area (Å²) in [4.78, 5) is 12.1. The van der Waals surface area contributed by atoms with Gasteiger partial charge in [0.2, 0.25) is 0 Å². The molecule has 1 aliphatic rings. The molecule has 0 radical (unpaired) electrons. The second-order valence-electron chi connectivity index (χ2n) is 5.36. The van der Waals surface area contributed by atoms with Crippen molar-refractivity contribution in [1.82, 2.24) is 4.37 Å². The summed E-state index contributed by atoms with van der Waals surface area (Å²) in [6.07, 6.45) is 9.45. The largest absolute Gasteiger partial charge is 0.493 e. The van der Waals surface area contributed by atoms with Crippen LogP contribution in [0, 0.1) is 0 Å². The molecular formula is C19H17NO4S. The monoisotopic (exact) mass is 355 g/mol. The summed E-state index contributed by atoms with van der Waals surface area (Å²) in [5, 5.41) is 9.15. The number of benzene rings is 1. The summed E-state index contributed by atoms with van der Waals surface area (Å²) in [6, 6.07) is 5.73. The number of carbonyl (C=O) groups is 1. The van der Waals surface area contributed by atoms with Crippen LogP contribution in [0.4, 0.5) is 0 Å². The summed E-state index contributed by atoms with van der Waals surface area (Å²) in [5.74, 6) is 0.420. The Morgan fingerprint density at radius 3 is 2.72 bits per heavy atom. The molecule has 25 heavy (non-hydrogen) atoms. The molecule has 0 bridgehead atoms. The van der Waals surface area contributed by atoms with Crippen LogP contribution in [-0.4, -0.2) is 29.7 Å². The van der Waals surface area contributed by atoms with Crippen LogP contribution >= 0.6 is 11.5 Å². The number of aliphatic carboxylic acids is 1. The zero-order valence-corrected chi connectivity index (χ0v) is 14.7. The summed E-state index contributed by atoms with van der Waals surface area (Å²) >= 11 is 1.38. The van der Waals surface area contributed by atoms with Crippen LogP contribution in [0.15, 0.2) is 54.3 Å². The zero-order chi connectivity index (χ0) is 17.8. The Morgan fingerprint density at radius 1 is 1.20 bits per heavy atom. The van der Waals surface area contributed by atoms with Crippen LogP contribution in [0.2, 0.25) is 0 Å². The van der Waals surface area contributed by atoms with E-state index in [1.54, 1.807) is 26.5 Å². The fourth-order valence-corrected chi connectivity index (χ4v) is 3.36. The van der Waals surface area contributed by atoms with Crippen LogP contribution in [0.25, 0.3) is 16.0 Å². The van der Waals surface area contributed by atoms with E-state index in [9.17, 15) is 4.79 Å². The van der Waals surface area contributed by atoms with Crippen LogP contribution in [0.3, 0.4) is 0 Å². The minimum Gasteiger partial charge on any atom is -0.493 e. The maximum atomic E-state index is 11.2. The number of carboxylic acid groups (broad SMARTS) is 1. The molecule has 0 saturated carbocycles. The van der Waals surface area contributed by atoms with E-state index < -0.39 is 5.97 Å². The number of methoxy groups -OCH3 is 2. The minimum atomic E-state index is -0.897. The molecule has 0 unspecified atom stereocenters. The van der Waals surface area contributed by atoms with E-state index in [0.717, 1.165) is 21.6 Å². The van der Waals surface area contributed by atoms with Gasteiger partial charge in [-0.3, -0.25) is 0 Å². The lowest BCUT2D eigenvalue weighted by atomic mass is 10.0. The van der Waals surface area contributed by atoms with E-state index in [0.29, 0.717) is 23.5 Å². The number of allylic oxidation sites excluding steroid dienone is 5. The molecule has 1 heterocycles. The Labute approximate surface area is 149 Å². The Kier molecular flexibility index (Phi) is 5.00. The predicted octanol–water partition coefficient (Wildman–Crippen LogP) is 4.18. The molecule has 0 aliphatic heterocycles. The van der Waals surface area contributed by atoms with Gasteiger partial charge in [0.05, 0.1) is 19.1 Å². The van der Waals surface area contributed by atoms with Gasteiger partial charge in [-0.25, -0.2) is 4.79 Å². The Bertz CT molecular complexity index is 893. The highest BCUT2D eigenvalue weighted by atomic mass is 32.1. The maximum absolute atomic E-state index is 11.2. The standard InChI is InChI=1S/C19H17NO4S/c1-23-16-9-8-14(10-17(16)24-2)18-15(11-20-25-18)12-4-3-5-13(7-6-12)19(21)22/h3-4,6-11H,5H2,1-2H3,(H,21,22). The van der Waals surface area contributed by atoms with Crippen molar-refractivity contribution < 1.29 is 19.4 Å². The average molecular weight is 355 g/mol. The van der Waals surface area contributed by atoms with Crippen LogP contribution < -0.4 is 9.47 Å². The molecule has 3 rings (SSSR count). The van der Waals surface area contributed by atoms with Gasteiger partial charge in [0.1, 0.15) is 0 Å². The van der Waals surface area contributed by atoms with Crippen LogP contribution in [-0.2, 0) is 4.79 Å². The molecular weight excluding hydrogens is 338 g/mol. The van der Waals surface area contributed by atoms with E-state index in [1.807, 2.05) is 36.4 Å². The number of hydrogen-bond donors (Lipinski definition) is 1. The number of rotatable bonds is 5. The molecule has 5 nitrogen and oxygen atoms in total. The quantitative estimate of drug-likeness (QED) is 0.871. The molecule has 1 N–H and O–H groups in total. The van der Waals surface area contributed by atoms with Crippen LogP contribution in [0.1, 0.15) is 12.0 Å². The summed E-state index contributed by atoms with van der Waals surface area (Å²) in [7, 11) is 3.20. The summed E-state index contributed by atoms with van der Waals surface area (Å²) in [6.45, 7) is 0. The van der Waals surface area contributed by atoms with E-state index in [1.165, 1.54) is 11.5 Å². The molecule has 1 aromatic carbocycles. The van der Waals surface area contributed by atoms with E-state index >= 15 is 0 Å². The van der Waals surface area contributed by atoms with Crippen molar-refractivity contribution in [2.45, 2.75) is 6.42 Å². The second-order valence-corrected chi connectivity index (χ2v) is 6.17. The van der Waals surface area contributed by atoms with Crippen LogP contribution in [0.5, 0.6) is 11.5 Å². The van der Waals surface area contributed by atoms with Crippen molar-refractivity contribution in [2.75, 3.05) is 14.2 Å². The zero-order valence-electron chi connectivity index (χ0n) is 13.9. The highest BCUT2D eigenvalue weighted by molar-refractivity contribution is 7.09. The molecule has 0 atom stereocenters. The molecule has 1 aliphatic carbocycles. The van der Waals surface area contributed by atoms with Gasteiger partial charge in [-0.05, 0) is 47.3 Å². The first kappa shape index (κ1) is 17.0. The van der Waals surface area contributed by atoms with Crippen molar-refractivity contribution in [3.05, 3.63) is 59.8 Å². The third-order valence-electron chi connectivity index (χ3n) is 3.90. The fourth-order valence-electron chi connectivity index (χ4n) is 2.60. The number of carboxylic acids is 1. The third-order valence-corrected chi connectivity index (χ3v) is 4.75. The number of aromatic nitrogens is 1. The average Bonchev–Trinajstić information content (AvgIpc) is 2.98. The van der Waals surface area contributed by atoms with Crippen molar-refractivity contribution in [1.29, 1.82) is 0 Å². The molecule has 0 amide bonds. The number of hydrogen-bond acceptors (Lipinski definition) is 5. The molecule has 2 aromatic rings. The Hall–Kier alpha value is -2.86. The first-order valence-corrected chi connectivity index (χ1v) is 8.39. The molecule has 0 fully saturated rings. The van der Waals surface area contributed by atoms with Gasteiger partial charge in [0, 0.05) is 17.3 Å². The molecule has 0 saturated heterocycles. The van der Waals surface area contributed by atoms with Crippen molar-refractivity contribution in [2.24, 2.45) is 0 Å². The van der Waals surface area contributed by atoms with Gasteiger partial charge in [-0.2, -0.15) is 4.37 Å². The second kappa shape index (κ2) is 7.36. The van der Waals surface area contributed by atoms with Gasteiger partial charge < -0.3 is 14.6 Å². The minimum absolute atomic E-state index is 0.363. The summed E-state index contributed by atoms with van der Waals surface area (Å²) in [5.41, 5.74) is 3.21. The van der Waals surface area contributed by atoms with E-state index in [-0.39, 0.29) is 0 Å². The van der Waals surface area contributed by atoms with Gasteiger partial charge in [-0.15, -0.1) is 0 Å². The number of ether oxygens (including phenoxy) is 2. The smallest absolute Gasteiger partial charge is 0.331 e. The van der Waals surface area contributed by atoms with Gasteiger partial charge in [0.25, 0.3) is 0 Å². The van der Waals surface area contributed by atoms with Gasteiger partial charge >= 0.3 is 5.97 Å². The van der Waals surface area contributed by atoms with Crippen molar-refractivity contribution in [3.63, 3.8) is 0 Å². The van der Waals surface area contributed by atoms with Gasteiger partial charge in [-0.1, -0.05) is 24.3 Å². The van der Waals surface area contributed by atoms with E-state index in [4.69, 9.17) is 14.6 Å². The Morgan fingerprint density at radius 2 is 2.00 bits per heavy atom.